The van der Waals surface area contributed by atoms with E-state index in [9.17, 15) is 9.59 Å². The molecule has 4 rings (SSSR count). The van der Waals surface area contributed by atoms with Crippen molar-refractivity contribution in [3.8, 4) is 10.6 Å². The zero-order chi connectivity index (χ0) is 17.4. The maximum atomic E-state index is 12.4. The maximum Gasteiger partial charge on any atom is 0.228 e. The van der Waals surface area contributed by atoms with E-state index in [1.807, 2.05) is 30.5 Å². The van der Waals surface area contributed by atoms with Crippen LogP contribution in [-0.2, 0) is 9.59 Å². The fourth-order valence-electron chi connectivity index (χ4n) is 3.12. The largest absolute Gasteiger partial charge is 0.322 e. The minimum absolute atomic E-state index is 0.0271. The standard InChI is InChI=1S/C17H21N5O2S/c1-10-8-15(23)20-17(18-10)22-14(19-16(24)11-4-2-5-11)9-12(21-22)13-6-3-7-25-13/h3,6-7,9-11,17-18H,2,4-5,8H2,1H3,(H,19,24)(H,20,23). The summed E-state index contributed by atoms with van der Waals surface area (Å²) < 4.78 is 1.67. The number of amides is 2. The Labute approximate surface area is 149 Å². The zero-order valence-corrected chi connectivity index (χ0v) is 14.8. The summed E-state index contributed by atoms with van der Waals surface area (Å²) in [5.74, 6) is 0.689. The Kier molecular flexibility index (Phi) is 4.30. The van der Waals surface area contributed by atoms with Crippen LogP contribution >= 0.6 is 11.3 Å². The minimum atomic E-state index is -0.471. The molecule has 0 spiro atoms. The molecule has 8 heteroatoms. The van der Waals surface area contributed by atoms with Crippen LogP contribution < -0.4 is 16.0 Å². The van der Waals surface area contributed by atoms with Crippen molar-refractivity contribution in [1.82, 2.24) is 20.4 Å². The lowest BCUT2D eigenvalue weighted by Gasteiger charge is -2.31. The highest BCUT2D eigenvalue weighted by Crippen LogP contribution is 2.30. The summed E-state index contributed by atoms with van der Waals surface area (Å²) in [5.41, 5.74) is 0.785. The monoisotopic (exact) mass is 359 g/mol. The van der Waals surface area contributed by atoms with Crippen molar-refractivity contribution in [1.29, 1.82) is 0 Å². The predicted molar refractivity (Wildman–Crippen MR) is 95.9 cm³/mol. The van der Waals surface area contributed by atoms with Crippen molar-refractivity contribution >= 4 is 29.0 Å². The van der Waals surface area contributed by atoms with Gasteiger partial charge in [-0.2, -0.15) is 5.10 Å². The van der Waals surface area contributed by atoms with E-state index in [2.05, 4.69) is 21.0 Å². The van der Waals surface area contributed by atoms with Gasteiger partial charge in [0.15, 0.2) is 6.29 Å². The molecule has 2 aromatic heterocycles. The molecular weight excluding hydrogens is 338 g/mol. The van der Waals surface area contributed by atoms with Crippen molar-refractivity contribution in [3.05, 3.63) is 23.6 Å². The Morgan fingerprint density at radius 2 is 2.28 bits per heavy atom. The van der Waals surface area contributed by atoms with Crippen LogP contribution in [0.1, 0.15) is 38.9 Å². The van der Waals surface area contributed by atoms with Gasteiger partial charge < -0.3 is 10.6 Å². The van der Waals surface area contributed by atoms with Gasteiger partial charge >= 0.3 is 0 Å². The van der Waals surface area contributed by atoms with E-state index in [1.165, 1.54) is 0 Å². The highest BCUT2D eigenvalue weighted by molar-refractivity contribution is 7.13. The van der Waals surface area contributed by atoms with Gasteiger partial charge in [-0.15, -0.1) is 11.3 Å². The molecule has 0 bridgehead atoms. The van der Waals surface area contributed by atoms with Gasteiger partial charge in [0.1, 0.15) is 11.5 Å². The van der Waals surface area contributed by atoms with Crippen LogP contribution in [0.3, 0.4) is 0 Å². The molecule has 7 nitrogen and oxygen atoms in total. The molecular formula is C17H21N5O2S. The highest BCUT2D eigenvalue weighted by Gasteiger charge is 2.30. The Balaban J connectivity index is 1.65. The molecule has 0 radical (unpaired) electrons. The quantitative estimate of drug-likeness (QED) is 0.782. The number of anilines is 1. The van der Waals surface area contributed by atoms with E-state index in [1.54, 1.807) is 16.0 Å². The number of aromatic nitrogens is 2. The molecule has 1 saturated carbocycles. The first kappa shape index (κ1) is 16.3. The topological polar surface area (TPSA) is 88.1 Å². The second-order valence-corrected chi connectivity index (χ2v) is 7.64. The third-order valence-corrected chi connectivity index (χ3v) is 5.61. The van der Waals surface area contributed by atoms with E-state index in [-0.39, 0.29) is 23.8 Å². The second kappa shape index (κ2) is 6.61. The Hall–Kier alpha value is -2.19. The molecule has 0 aromatic carbocycles. The summed E-state index contributed by atoms with van der Waals surface area (Å²) in [4.78, 5) is 25.3. The number of thiophene rings is 1. The fraction of sp³-hybridized carbons (Fsp3) is 0.471. The summed E-state index contributed by atoms with van der Waals surface area (Å²) in [6.45, 7) is 1.96. The zero-order valence-electron chi connectivity index (χ0n) is 14.0. The summed E-state index contributed by atoms with van der Waals surface area (Å²) in [6.07, 6.45) is 2.94. The van der Waals surface area contributed by atoms with Gasteiger partial charge in [0.05, 0.1) is 4.88 Å². The SMILES string of the molecule is CC1CC(=O)NC(n2nc(-c3cccs3)cc2NC(=O)C2CCC2)N1. The number of carbonyl (C=O) groups is 2. The number of nitrogens with one attached hydrogen (secondary N) is 3. The lowest BCUT2D eigenvalue weighted by atomic mass is 9.85. The van der Waals surface area contributed by atoms with Crippen molar-refractivity contribution in [2.75, 3.05) is 5.32 Å². The Morgan fingerprint density at radius 1 is 1.44 bits per heavy atom. The van der Waals surface area contributed by atoms with Gasteiger partial charge in [-0.25, -0.2) is 4.68 Å². The first-order valence-corrected chi connectivity index (χ1v) is 9.48. The predicted octanol–water partition coefficient (Wildman–Crippen LogP) is 2.30. The average molecular weight is 359 g/mol. The molecule has 1 saturated heterocycles. The van der Waals surface area contributed by atoms with E-state index >= 15 is 0 Å². The maximum absolute atomic E-state index is 12.4. The number of rotatable bonds is 4. The highest BCUT2D eigenvalue weighted by atomic mass is 32.1. The molecule has 3 N–H and O–H groups in total. The minimum Gasteiger partial charge on any atom is -0.322 e. The van der Waals surface area contributed by atoms with Crippen LogP contribution in [0.5, 0.6) is 0 Å². The molecule has 1 aliphatic carbocycles. The van der Waals surface area contributed by atoms with Gasteiger partial charge in [0, 0.05) is 24.4 Å². The molecule has 2 atom stereocenters. The molecule has 1 aliphatic heterocycles. The van der Waals surface area contributed by atoms with E-state index in [0.717, 1.165) is 29.8 Å². The number of hydrogen-bond donors (Lipinski definition) is 3. The van der Waals surface area contributed by atoms with E-state index in [0.29, 0.717) is 12.2 Å². The summed E-state index contributed by atoms with van der Waals surface area (Å²) in [5, 5.41) is 15.8. The van der Waals surface area contributed by atoms with Crippen molar-refractivity contribution < 1.29 is 9.59 Å². The van der Waals surface area contributed by atoms with E-state index in [4.69, 9.17) is 0 Å². The molecule has 2 unspecified atom stereocenters. The Bertz CT molecular complexity index is 781. The van der Waals surface area contributed by atoms with Crippen LogP contribution in [0.15, 0.2) is 23.6 Å². The van der Waals surface area contributed by atoms with Gasteiger partial charge in [0.2, 0.25) is 11.8 Å². The summed E-state index contributed by atoms with van der Waals surface area (Å²) in [7, 11) is 0. The van der Waals surface area contributed by atoms with Crippen molar-refractivity contribution in [2.45, 2.75) is 44.9 Å². The summed E-state index contributed by atoms with van der Waals surface area (Å²) in [6, 6.07) is 5.87. The molecule has 3 heterocycles. The van der Waals surface area contributed by atoms with Crippen LogP contribution in [0, 0.1) is 5.92 Å². The van der Waals surface area contributed by atoms with E-state index < -0.39 is 6.29 Å². The summed E-state index contributed by atoms with van der Waals surface area (Å²) >= 11 is 1.59. The normalized spacial score (nSPS) is 23.8. The van der Waals surface area contributed by atoms with Crippen LogP contribution in [0.2, 0.25) is 0 Å². The first-order valence-electron chi connectivity index (χ1n) is 8.60. The van der Waals surface area contributed by atoms with Crippen LogP contribution in [0.4, 0.5) is 5.82 Å². The molecule has 2 amide bonds. The van der Waals surface area contributed by atoms with Gasteiger partial charge in [-0.3, -0.25) is 14.9 Å². The molecule has 25 heavy (non-hydrogen) atoms. The lowest BCUT2D eigenvalue weighted by molar-refractivity contribution is -0.125. The third-order valence-electron chi connectivity index (χ3n) is 4.71. The first-order chi connectivity index (χ1) is 12.1. The number of hydrogen-bond acceptors (Lipinski definition) is 5. The second-order valence-electron chi connectivity index (χ2n) is 6.70. The average Bonchev–Trinajstić information content (AvgIpc) is 3.12. The van der Waals surface area contributed by atoms with Crippen molar-refractivity contribution in [2.24, 2.45) is 5.92 Å². The molecule has 2 aliphatic rings. The van der Waals surface area contributed by atoms with Gasteiger partial charge in [-0.1, -0.05) is 12.5 Å². The smallest absolute Gasteiger partial charge is 0.228 e. The van der Waals surface area contributed by atoms with Crippen molar-refractivity contribution in [3.63, 3.8) is 0 Å². The lowest BCUT2D eigenvalue weighted by Crippen LogP contribution is -2.52. The van der Waals surface area contributed by atoms with Crippen LogP contribution in [0.25, 0.3) is 10.6 Å². The number of nitrogens with zero attached hydrogens (tertiary/aromatic N) is 2. The molecule has 2 aromatic rings. The van der Waals surface area contributed by atoms with Gasteiger partial charge in [0.25, 0.3) is 0 Å². The van der Waals surface area contributed by atoms with Gasteiger partial charge in [-0.05, 0) is 31.2 Å². The third kappa shape index (κ3) is 3.32. The fourth-order valence-corrected chi connectivity index (χ4v) is 3.80. The number of carbonyl (C=O) groups excluding carboxylic acids is 2. The van der Waals surface area contributed by atoms with Crippen LogP contribution in [-0.4, -0.2) is 27.6 Å². The Morgan fingerprint density at radius 3 is 2.92 bits per heavy atom. The molecule has 2 fully saturated rings. The molecule has 132 valence electrons.